The molecule has 164 valence electrons. The van der Waals surface area contributed by atoms with Crippen molar-refractivity contribution >= 4 is 35.8 Å². The van der Waals surface area contributed by atoms with E-state index in [1.165, 1.54) is 5.56 Å². The monoisotopic (exact) mass is 441 g/mol. The summed E-state index contributed by atoms with van der Waals surface area (Å²) in [6.07, 6.45) is 3.48. The summed E-state index contributed by atoms with van der Waals surface area (Å²) in [7, 11) is 0. The third kappa shape index (κ3) is 4.27. The molecule has 0 atom stereocenters. The van der Waals surface area contributed by atoms with Gasteiger partial charge in [-0.05, 0) is 43.4 Å². The lowest BCUT2D eigenvalue weighted by Crippen LogP contribution is -2.51. The standard InChI is InChI=1S/C24H27N3O3.ClH/c28-23(26-13-5-8-18-6-1-3-9-21(18)26)16-25-14-11-20(12-15-25)27-22-10-4-2-7-19(22)17-30-24(27)29;/h1-4,6-7,9-10,20H,5,8,11-17H2;1H. The van der Waals surface area contributed by atoms with Gasteiger partial charge in [-0.25, -0.2) is 4.79 Å². The fourth-order valence-electron chi connectivity index (χ4n) is 4.93. The minimum atomic E-state index is -0.256. The van der Waals surface area contributed by atoms with Crippen LogP contribution < -0.4 is 9.80 Å². The summed E-state index contributed by atoms with van der Waals surface area (Å²) in [5.41, 5.74) is 4.35. The molecule has 1 saturated heterocycles. The maximum absolute atomic E-state index is 13.0. The normalized spacial score (nSPS) is 19.2. The molecule has 31 heavy (non-hydrogen) atoms. The number of cyclic esters (lactones) is 1. The van der Waals surface area contributed by atoms with Gasteiger partial charge < -0.3 is 9.64 Å². The molecule has 6 nitrogen and oxygen atoms in total. The molecule has 7 heteroatoms. The average Bonchev–Trinajstić information content (AvgIpc) is 2.79. The molecule has 3 heterocycles. The first-order valence-electron chi connectivity index (χ1n) is 10.9. The second-order valence-corrected chi connectivity index (χ2v) is 8.34. The van der Waals surface area contributed by atoms with Gasteiger partial charge >= 0.3 is 6.09 Å². The van der Waals surface area contributed by atoms with Crippen LogP contribution in [0.1, 0.15) is 30.4 Å². The number of anilines is 2. The molecule has 2 aromatic carbocycles. The number of rotatable bonds is 3. The summed E-state index contributed by atoms with van der Waals surface area (Å²) >= 11 is 0. The predicted octanol–water partition coefficient (Wildman–Crippen LogP) is 4.01. The van der Waals surface area contributed by atoms with Crippen LogP contribution in [0.3, 0.4) is 0 Å². The van der Waals surface area contributed by atoms with Crippen molar-refractivity contribution in [1.82, 2.24) is 4.90 Å². The highest BCUT2D eigenvalue weighted by Crippen LogP contribution is 2.32. The van der Waals surface area contributed by atoms with Gasteiger partial charge in [0.1, 0.15) is 6.61 Å². The van der Waals surface area contributed by atoms with E-state index in [0.29, 0.717) is 13.2 Å². The fraction of sp³-hybridized carbons (Fsp3) is 0.417. The Morgan fingerprint density at radius 2 is 1.61 bits per heavy atom. The van der Waals surface area contributed by atoms with Crippen LogP contribution in [0.15, 0.2) is 48.5 Å². The van der Waals surface area contributed by atoms with E-state index in [2.05, 4.69) is 17.0 Å². The number of aryl methyl sites for hydroxylation is 1. The molecule has 2 amide bonds. The maximum atomic E-state index is 13.0. The first kappa shape index (κ1) is 21.7. The molecular formula is C24H28ClN3O3. The number of likely N-dealkylation sites (tertiary alicyclic amines) is 1. The number of halogens is 1. The van der Waals surface area contributed by atoms with Crippen LogP contribution in [0.5, 0.6) is 0 Å². The smallest absolute Gasteiger partial charge is 0.414 e. The number of ether oxygens (including phenoxy) is 1. The van der Waals surface area contributed by atoms with E-state index in [-0.39, 0.29) is 30.4 Å². The summed E-state index contributed by atoms with van der Waals surface area (Å²) in [5, 5.41) is 0. The number of hydrogen-bond donors (Lipinski definition) is 0. The number of piperidine rings is 1. The molecule has 3 aliphatic rings. The van der Waals surface area contributed by atoms with Crippen molar-refractivity contribution in [3.63, 3.8) is 0 Å². The zero-order valence-electron chi connectivity index (χ0n) is 17.5. The zero-order chi connectivity index (χ0) is 20.5. The number of amides is 2. The topological polar surface area (TPSA) is 53.1 Å². The number of hydrogen-bond acceptors (Lipinski definition) is 4. The van der Waals surface area contributed by atoms with Crippen LogP contribution in [0, 0.1) is 0 Å². The maximum Gasteiger partial charge on any atom is 0.414 e. The van der Waals surface area contributed by atoms with Crippen molar-refractivity contribution in [2.45, 2.75) is 38.3 Å². The first-order valence-corrected chi connectivity index (χ1v) is 10.9. The van der Waals surface area contributed by atoms with Crippen LogP contribution >= 0.6 is 12.4 Å². The number of carbonyl (C=O) groups is 2. The van der Waals surface area contributed by atoms with Gasteiger partial charge in [-0.1, -0.05) is 36.4 Å². The molecule has 0 bridgehead atoms. The lowest BCUT2D eigenvalue weighted by Gasteiger charge is -2.40. The molecule has 0 saturated carbocycles. The molecule has 2 aromatic rings. The molecule has 3 aliphatic heterocycles. The highest BCUT2D eigenvalue weighted by atomic mass is 35.5. The van der Waals surface area contributed by atoms with Crippen molar-refractivity contribution in [3.05, 3.63) is 59.7 Å². The zero-order valence-corrected chi connectivity index (χ0v) is 18.4. The Morgan fingerprint density at radius 3 is 2.39 bits per heavy atom. The minimum absolute atomic E-state index is 0. The summed E-state index contributed by atoms with van der Waals surface area (Å²) in [6.45, 7) is 3.18. The number of carbonyl (C=O) groups excluding carboxylic acids is 2. The van der Waals surface area contributed by atoms with Crippen molar-refractivity contribution in [1.29, 1.82) is 0 Å². The summed E-state index contributed by atoms with van der Waals surface area (Å²) in [4.78, 5) is 31.5. The van der Waals surface area contributed by atoms with Crippen molar-refractivity contribution in [2.75, 3.05) is 36.0 Å². The van der Waals surface area contributed by atoms with Gasteiger partial charge in [0.05, 0.1) is 12.2 Å². The van der Waals surface area contributed by atoms with E-state index in [0.717, 1.165) is 62.3 Å². The minimum Gasteiger partial charge on any atom is -0.444 e. The second kappa shape index (κ2) is 9.28. The van der Waals surface area contributed by atoms with Crippen LogP contribution in [0.25, 0.3) is 0 Å². The first-order chi connectivity index (χ1) is 14.7. The van der Waals surface area contributed by atoms with Gasteiger partial charge in [0.15, 0.2) is 0 Å². The van der Waals surface area contributed by atoms with Crippen LogP contribution in [-0.2, 0) is 22.6 Å². The Balaban J connectivity index is 0.00000231. The van der Waals surface area contributed by atoms with E-state index in [1.54, 1.807) is 0 Å². The van der Waals surface area contributed by atoms with Gasteiger partial charge in [0, 0.05) is 36.9 Å². The Hall–Kier alpha value is -2.57. The quantitative estimate of drug-likeness (QED) is 0.722. The Bertz CT molecular complexity index is 959. The van der Waals surface area contributed by atoms with E-state index in [1.807, 2.05) is 46.2 Å². The Morgan fingerprint density at radius 1 is 0.935 bits per heavy atom. The lowest BCUT2D eigenvalue weighted by molar-refractivity contribution is -0.120. The number of fused-ring (bicyclic) bond motifs is 2. The molecule has 0 unspecified atom stereocenters. The number of para-hydroxylation sites is 2. The molecule has 0 aromatic heterocycles. The molecule has 0 N–H and O–H groups in total. The SMILES string of the molecule is Cl.O=C(CN1CCC(N2C(=O)OCc3ccccc32)CC1)N1CCCc2ccccc21. The van der Waals surface area contributed by atoms with Gasteiger partial charge in [-0.3, -0.25) is 14.6 Å². The third-order valence-corrected chi connectivity index (χ3v) is 6.49. The van der Waals surface area contributed by atoms with Gasteiger partial charge in [0.25, 0.3) is 0 Å². The Kier molecular flexibility index (Phi) is 6.49. The van der Waals surface area contributed by atoms with Gasteiger partial charge in [-0.2, -0.15) is 0 Å². The van der Waals surface area contributed by atoms with Crippen molar-refractivity contribution < 1.29 is 14.3 Å². The molecule has 0 spiro atoms. The summed E-state index contributed by atoms with van der Waals surface area (Å²) in [6, 6.07) is 16.3. The fourth-order valence-corrected chi connectivity index (χ4v) is 4.93. The largest absolute Gasteiger partial charge is 0.444 e. The number of nitrogens with zero attached hydrogens (tertiary/aromatic N) is 3. The van der Waals surface area contributed by atoms with E-state index in [9.17, 15) is 9.59 Å². The molecular weight excluding hydrogens is 414 g/mol. The highest BCUT2D eigenvalue weighted by molar-refractivity contribution is 5.96. The predicted molar refractivity (Wildman–Crippen MR) is 123 cm³/mol. The molecule has 0 radical (unpaired) electrons. The van der Waals surface area contributed by atoms with Crippen molar-refractivity contribution in [2.24, 2.45) is 0 Å². The average molecular weight is 442 g/mol. The summed E-state index contributed by atoms with van der Waals surface area (Å²) < 4.78 is 5.39. The van der Waals surface area contributed by atoms with Gasteiger partial charge in [0.2, 0.25) is 5.91 Å². The van der Waals surface area contributed by atoms with Crippen molar-refractivity contribution in [3.8, 4) is 0 Å². The second-order valence-electron chi connectivity index (χ2n) is 8.34. The summed E-state index contributed by atoms with van der Waals surface area (Å²) in [5.74, 6) is 0.170. The van der Waals surface area contributed by atoms with E-state index >= 15 is 0 Å². The van der Waals surface area contributed by atoms with Gasteiger partial charge in [-0.15, -0.1) is 12.4 Å². The van der Waals surface area contributed by atoms with E-state index < -0.39 is 0 Å². The highest BCUT2D eigenvalue weighted by Gasteiger charge is 2.34. The molecule has 0 aliphatic carbocycles. The van der Waals surface area contributed by atoms with Crippen LogP contribution in [-0.4, -0.2) is 49.1 Å². The van der Waals surface area contributed by atoms with Crippen LogP contribution in [0.2, 0.25) is 0 Å². The lowest BCUT2D eigenvalue weighted by atomic mass is 10.00. The molecule has 1 fully saturated rings. The Labute approximate surface area is 189 Å². The molecule has 5 rings (SSSR count). The van der Waals surface area contributed by atoms with Crippen LogP contribution in [0.4, 0.5) is 16.2 Å². The number of benzene rings is 2. The van der Waals surface area contributed by atoms with E-state index in [4.69, 9.17) is 4.74 Å². The third-order valence-electron chi connectivity index (χ3n) is 6.49.